The Hall–Kier alpha value is -1.80. The van der Waals surface area contributed by atoms with Crippen molar-refractivity contribution in [3.8, 4) is 0 Å². The van der Waals surface area contributed by atoms with E-state index < -0.39 is 12.2 Å². The normalized spacial score (nSPS) is 21.1. The molecule has 1 aliphatic heterocycles. The van der Waals surface area contributed by atoms with Gasteiger partial charge in [-0.25, -0.2) is 9.78 Å². The summed E-state index contributed by atoms with van der Waals surface area (Å²) >= 11 is 5.96. The second-order valence-electron chi connectivity index (χ2n) is 6.03. The molecule has 0 aromatic carbocycles. The molecule has 0 bridgehead atoms. The van der Waals surface area contributed by atoms with Gasteiger partial charge in [0.1, 0.15) is 0 Å². The van der Waals surface area contributed by atoms with Crippen molar-refractivity contribution in [2.45, 2.75) is 51.9 Å². The number of piperidine rings is 1. The number of halogens is 1. The molecule has 134 valence electrons. The van der Waals surface area contributed by atoms with Gasteiger partial charge in [-0.2, -0.15) is 0 Å². The van der Waals surface area contributed by atoms with Crippen molar-refractivity contribution >= 4 is 23.6 Å². The molecule has 1 aromatic heterocycles. The lowest BCUT2D eigenvalue weighted by atomic mass is 10.0. The number of rotatable bonds is 5. The van der Waals surface area contributed by atoms with Crippen LogP contribution in [0.3, 0.4) is 0 Å². The predicted molar refractivity (Wildman–Crippen MR) is 88.5 cm³/mol. The molecule has 0 aliphatic carbocycles. The Morgan fingerprint density at radius 3 is 2.79 bits per heavy atom. The van der Waals surface area contributed by atoms with Gasteiger partial charge < -0.3 is 25.0 Å². The molecule has 2 rings (SSSR count). The molecular formula is C15H23ClN4O4. The van der Waals surface area contributed by atoms with Crippen LogP contribution < -0.4 is 5.32 Å². The van der Waals surface area contributed by atoms with Crippen molar-refractivity contribution in [1.82, 2.24) is 20.2 Å². The van der Waals surface area contributed by atoms with Crippen LogP contribution in [-0.4, -0.2) is 63.3 Å². The Morgan fingerprint density at radius 2 is 2.25 bits per heavy atom. The fraction of sp³-hybridized carbons (Fsp3) is 0.667. The van der Waals surface area contributed by atoms with Crippen LogP contribution in [0.1, 0.15) is 43.5 Å². The van der Waals surface area contributed by atoms with E-state index in [0.29, 0.717) is 30.2 Å². The summed E-state index contributed by atoms with van der Waals surface area (Å²) in [6.45, 7) is 6.22. The van der Waals surface area contributed by atoms with Crippen molar-refractivity contribution in [2.24, 2.45) is 0 Å². The van der Waals surface area contributed by atoms with Gasteiger partial charge in [0.2, 0.25) is 0 Å². The highest BCUT2D eigenvalue weighted by Gasteiger charge is 2.34. The highest BCUT2D eigenvalue weighted by atomic mass is 35.5. The van der Waals surface area contributed by atoms with E-state index in [-0.39, 0.29) is 30.4 Å². The van der Waals surface area contributed by atoms with Crippen molar-refractivity contribution in [3.05, 3.63) is 16.7 Å². The minimum Gasteiger partial charge on any atom is -0.465 e. The van der Waals surface area contributed by atoms with Crippen LogP contribution in [0.15, 0.2) is 0 Å². The van der Waals surface area contributed by atoms with E-state index in [1.54, 1.807) is 0 Å². The third-order valence-electron chi connectivity index (χ3n) is 3.89. The molecule has 2 heterocycles. The summed E-state index contributed by atoms with van der Waals surface area (Å²) < 4.78 is 5.79. The number of imidazole rings is 1. The third-order valence-corrected chi connectivity index (χ3v) is 4.20. The van der Waals surface area contributed by atoms with Gasteiger partial charge in [0.25, 0.3) is 5.91 Å². The van der Waals surface area contributed by atoms with Crippen molar-refractivity contribution in [1.29, 1.82) is 0 Å². The molecule has 0 unspecified atom stereocenters. The molecule has 8 nitrogen and oxygen atoms in total. The number of carboxylic acid groups (broad SMARTS) is 1. The van der Waals surface area contributed by atoms with Crippen molar-refractivity contribution < 1.29 is 19.4 Å². The number of carbonyl (C=O) groups excluding carboxylic acids is 1. The molecule has 1 fully saturated rings. The van der Waals surface area contributed by atoms with E-state index in [0.717, 1.165) is 0 Å². The van der Waals surface area contributed by atoms with Gasteiger partial charge in [-0.1, -0.05) is 18.5 Å². The molecule has 2 atom stereocenters. The van der Waals surface area contributed by atoms with E-state index in [2.05, 4.69) is 15.3 Å². The van der Waals surface area contributed by atoms with Crippen LogP contribution in [0.4, 0.5) is 4.79 Å². The zero-order valence-corrected chi connectivity index (χ0v) is 14.8. The summed E-state index contributed by atoms with van der Waals surface area (Å²) in [6, 6.07) is -0.288. The molecule has 9 heteroatoms. The number of H-pyrrole nitrogens is 1. The SMILES string of the molecule is CCc1[nH]c(C(=O)N[C@@H]2CCN(C(=O)O)C[C@@H]2OC(C)C)nc1Cl. The second-order valence-corrected chi connectivity index (χ2v) is 6.39. The Labute approximate surface area is 145 Å². The number of amides is 2. The number of aromatic amines is 1. The largest absolute Gasteiger partial charge is 0.465 e. The molecule has 1 aliphatic rings. The highest BCUT2D eigenvalue weighted by Crippen LogP contribution is 2.18. The van der Waals surface area contributed by atoms with Gasteiger partial charge in [0.05, 0.1) is 30.5 Å². The average Bonchev–Trinajstić information content (AvgIpc) is 2.89. The zero-order chi connectivity index (χ0) is 17.9. The number of nitrogens with one attached hydrogen (secondary N) is 2. The Balaban J connectivity index is 2.07. The molecule has 24 heavy (non-hydrogen) atoms. The van der Waals surface area contributed by atoms with Gasteiger partial charge in [-0.05, 0) is 26.7 Å². The maximum Gasteiger partial charge on any atom is 0.407 e. The molecule has 0 spiro atoms. The minimum absolute atomic E-state index is 0.0760. The van der Waals surface area contributed by atoms with Gasteiger partial charge in [0.15, 0.2) is 11.0 Å². The van der Waals surface area contributed by atoms with Crippen LogP contribution in [0.2, 0.25) is 5.15 Å². The summed E-state index contributed by atoms with van der Waals surface area (Å²) in [4.78, 5) is 31.8. The minimum atomic E-state index is -0.984. The topological polar surface area (TPSA) is 108 Å². The number of ether oxygens (including phenoxy) is 1. The molecule has 3 N–H and O–H groups in total. The van der Waals surface area contributed by atoms with Gasteiger partial charge in [0, 0.05) is 6.54 Å². The van der Waals surface area contributed by atoms with E-state index in [9.17, 15) is 9.59 Å². The number of likely N-dealkylation sites (tertiary alicyclic amines) is 1. The molecular weight excluding hydrogens is 336 g/mol. The smallest absolute Gasteiger partial charge is 0.407 e. The number of carbonyl (C=O) groups is 2. The standard InChI is InChI=1S/C15H23ClN4O4/c1-4-9-12(16)19-13(17-9)14(21)18-10-5-6-20(15(22)23)7-11(10)24-8(2)3/h8,10-11H,4-7H2,1-3H3,(H,17,19)(H,18,21)(H,22,23)/t10-,11+/m1/s1. The maximum atomic E-state index is 12.4. The summed E-state index contributed by atoms with van der Waals surface area (Å²) in [5.74, 6) is -0.219. The number of aromatic nitrogens is 2. The molecule has 2 amide bonds. The zero-order valence-electron chi connectivity index (χ0n) is 14.0. The predicted octanol–water partition coefficient (Wildman–Crippen LogP) is 1.90. The second kappa shape index (κ2) is 7.85. The van der Waals surface area contributed by atoms with Crippen LogP contribution in [-0.2, 0) is 11.2 Å². The van der Waals surface area contributed by atoms with Crippen molar-refractivity contribution in [3.63, 3.8) is 0 Å². The fourth-order valence-electron chi connectivity index (χ4n) is 2.71. The number of nitrogens with zero attached hydrogens (tertiary/aromatic N) is 2. The lowest BCUT2D eigenvalue weighted by Crippen LogP contribution is -2.56. The summed E-state index contributed by atoms with van der Waals surface area (Å²) in [5, 5.41) is 12.3. The first-order valence-corrected chi connectivity index (χ1v) is 8.38. The molecule has 0 radical (unpaired) electrons. The molecule has 1 aromatic rings. The lowest BCUT2D eigenvalue weighted by Gasteiger charge is -2.38. The number of aryl methyl sites for hydroxylation is 1. The molecule has 1 saturated heterocycles. The average molecular weight is 359 g/mol. The third kappa shape index (κ3) is 4.39. The number of hydrogen-bond acceptors (Lipinski definition) is 4. The maximum absolute atomic E-state index is 12.4. The Bertz CT molecular complexity index is 604. The summed E-state index contributed by atoms with van der Waals surface area (Å²) in [5.41, 5.74) is 0.706. The first-order chi connectivity index (χ1) is 11.3. The van der Waals surface area contributed by atoms with E-state index in [1.807, 2.05) is 20.8 Å². The fourth-order valence-corrected chi connectivity index (χ4v) is 2.97. The van der Waals surface area contributed by atoms with E-state index in [1.165, 1.54) is 4.90 Å². The summed E-state index contributed by atoms with van der Waals surface area (Å²) in [6.07, 6.45) is -0.343. The first-order valence-electron chi connectivity index (χ1n) is 8.00. The summed E-state index contributed by atoms with van der Waals surface area (Å²) in [7, 11) is 0. The quantitative estimate of drug-likeness (QED) is 0.745. The monoisotopic (exact) mass is 358 g/mol. The Kier molecular flexibility index (Phi) is 6.06. The molecule has 0 saturated carbocycles. The Morgan fingerprint density at radius 1 is 1.54 bits per heavy atom. The lowest BCUT2D eigenvalue weighted by molar-refractivity contribution is -0.0457. The van der Waals surface area contributed by atoms with Crippen LogP contribution >= 0.6 is 11.6 Å². The van der Waals surface area contributed by atoms with Crippen LogP contribution in [0.5, 0.6) is 0 Å². The first kappa shape index (κ1) is 18.5. The van der Waals surface area contributed by atoms with Gasteiger partial charge in [-0.15, -0.1) is 0 Å². The van der Waals surface area contributed by atoms with E-state index >= 15 is 0 Å². The van der Waals surface area contributed by atoms with Crippen LogP contribution in [0, 0.1) is 0 Å². The van der Waals surface area contributed by atoms with Crippen LogP contribution in [0.25, 0.3) is 0 Å². The van der Waals surface area contributed by atoms with E-state index in [4.69, 9.17) is 21.4 Å². The van der Waals surface area contributed by atoms with Crippen molar-refractivity contribution in [2.75, 3.05) is 13.1 Å². The number of hydrogen-bond donors (Lipinski definition) is 3. The van der Waals surface area contributed by atoms with Gasteiger partial charge >= 0.3 is 6.09 Å². The highest BCUT2D eigenvalue weighted by molar-refractivity contribution is 6.30. The van der Waals surface area contributed by atoms with Gasteiger partial charge in [-0.3, -0.25) is 4.79 Å².